The summed E-state index contributed by atoms with van der Waals surface area (Å²) in [4.78, 5) is 22.5. The third-order valence-electron chi connectivity index (χ3n) is 1.47. The number of hydrogen-bond donors (Lipinski definition) is 2. The van der Waals surface area contributed by atoms with Crippen LogP contribution < -0.4 is 10.6 Å². The van der Waals surface area contributed by atoms with Gasteiger partial charge in [0.1, 0.15) is 6.04 Å². The Bertz CT molecular complexity index is 227. The molecule has 5 nitrogen and oxygen atoms in total. The number of esters is 1. The second-order valence-electron chi connectivity index (χ2n) is 3.98. The number of rotatable bonds is 4. The van der Waals surface area contributed by atoms with Gasteiger partial charge in [0.25, 0.3) is 0 Å². The van der Waals surface area contributed by atoms with Crippen LogP contribution in [-0.2, 0) is 9.53 Å². The van der Waals surface area contributed by atoms with Crippen LogP contribution in [0.5, 0.6) is 0 Å². The Morgan fingerprint density at radius 2 is 1.53 bits per heavy atom. The number of carbonyl (C=O) groups excluding carboxylic acids is 2. The van der Waals surface area contributed by atoms with Crippen molar-refractivity contribution in [3.63, 3.8) is 0 Å². The lowest BCUT2D eigenvalue weighted by Gasteiger charge is -2.16. The molecule has 0 saturated carbocycles. The van der Waals surface area contributed by atoms with Gasteiger partial charge in [0.05, 0.1) is 6.10 Å². The van der Waals surface area contributed by atoms with Crippen LogP contribution in [0.1, 0.15) is 34.6 Å². The SMILES string of the molecule is CC(C)NC(=O)NC(C)C(=O)OC(C)C. The van der Waals surface area contributed by atoms with E-state index in [1.807, 2.05) is 13.8 Å². The first-order chi connectivity index (χ1) is 6.82. The molecule has 0 rings (SSSR count). The maximum atomic E-state index is 11.3. The van der Waals surface area contributed by atoms with Gasteiger partial charge in [0.15, 0.2) is 0 Å². The Morgan fingerprint density at radius 3 is 1.93 bits per heavy atom. The Morgan fingerprint density at radius 1 is 1.00 bits per heavy atom. The average Bonchev–Trinajstić information content (AvgIpc) is 2.00. The van der Waals surface area contributed by atoms with Gasteiger partial charge in [-0.25, -0.2) is 9.59 Å². The summed E-state index contributed by atoms with van der Waals surface area (Å²) in [7, 11) is 0. The van der Waals surface area contributed by atoms with Gasteiger partial charge < -0.3 is 15.4 Å². The maximum absolute atomic E-state index is 11.3. The Labute approximate surface area is 90.6 Å². The Hall–Kier alpha value is -1.26. The van der Waals surface area contributed by atoms with Crippen molar-refractivity contribution in [3.8, 4) is 0 Å². The molecule has 0 aromatic heterocycles. The third kappa shape index (κ3) is 6.76. The summed E-state index contributed by atoms with van der Waals surface area (Å²) in [5.74, 6) is -0.427. The minimum atomic E-state index is -0.633. The van der Waals surface area contributed by atoms with Gasteiger partial charge in [-0.3, -0.25) is 0 Å². The highest BCUT2D eigenvalue weighted by Crippen LogP contribution is 1.94. The summed E-state index contributed by atoms with van der Waals surface area (Å²) in [5.41, 5.74) is 0. The van der Waals surface area contributed by atoms with Crippen LogP contribution in [0.2, 0.25) is 0 Å². The lowest BCUT2D eigenvalue weighted by molar-refractivity contribution is -0.149. The number of hydrogen-bond acceptors (Lipinski definition) is 3. The molecular weight excluding hydrogens is 196 g/mol. The summed E-state index contributed by atoms with van der Waals surface area (Å²) in [6.45, 7) is 8.80. The van der Waals surface area contributed by atoms with Gasteiger partial charge in [-0.15, -0.1) is 0 Å². The molecule has 0 saturated heterocycles. The van der Waals surface area contributed by atoms with Gasteiger partial charge in [-0.05, 0) is 34.6 Å². The molecule has 5 heteroatoms. The van der Waals surface area contributed by atoms with Crippen molar-refractivity contribution in [1.82, 2.24) is 10.6 Å². The largest absolute Gasteiger partial charge is 0.461 e. The summed E-state index contributed by atoms with van der Waals surface area (Å²) < 4.78 is 4.94. The number of ether oxygens (including phenoxy) is 1. The quantitative estimate of drug-likeness (QED) is 0.690. The van der Waals surface area contributed by atoms with E-state index in [0.29, 0.717) is 0 Å². The number of urea groups is 1. The molecule has 0 aromatic rings. The molecular formula is C10H20N2O3. The minimum Gasteiger partial charge on any atom is -0.461 e. The molecule has 88 valence electrons. The minimum absolute atomic E-state index is 0.0401. The maximum Gasteiger partial charge on any atom is 0.328 e. The molecule has 1 atom stereocenters. The molecule has 0 fully saturated rings. The monoisotopic (exact) mass is 216 g/mol. The molecule has 0 bridgehead atoms. The highest BCUT2D eigenvalue weighted by atomic mass is 16.5. The van der Waals surface area contributed by atoms with E-state index >= 15 is 0 Å². The van der Waals surface area contributed by atoms with Gasteiger partial charge >= 0.3 is 12.0 Å². The van der Waals surface area contributed by atoms with Crippen molar-refractivity contribution in [2.45, 2.75) is 52.8 Å². The van der Waals surface area contributed by atoms with Crippen LogP contribution in [0.3, 0.4) is 0 Å². The number of amides is 2. The molecule has 15 heavy (non-hydrogen) atoms. The van der Waals surface area contributed by atoms with Gasteiger partial charge in [-0.2, -0.15) is 0 Å². The van der Waals surface area contributed by atoms with Crippen LogP contribution in [-0.4, -0.2) is 30.2 Å². The molecule has 0 radical (unpaired) electrons. The summed E-state index contributed by atoms with van der Waals surface area (Å²) in [6.07, 6.45) is -0.171. The highest BCUT2D eigenvalue weighted by Gasteiger charge is 2.17. The third-order valence-corrected chi connectivity index (χ3v) is 1.47. The van der Waals surface area contributed by atoms with E-state index in [4.69, 9.17) is 4.74 Å². The second-order valence-corrected chi connectivity index (χ2v) is 3.98. The van der Waals surface area contributed by atoms with Crippen LogP contribution >= 0.6 is 0 Å². The zero-order valence-electron chi connectivity index (χ0n) is 9.96. The fraction of sp³-hybridized carbons (Fsp3) is 0.800. The molecule has 2 amide bonds. The molecule has 1 unspecified atom stereocenters. The predicted molar refractivity (Wildman–Crippen MR) is 57.5 cm³/mol. The average molecular weight is 216 g/mol. The number of carbonyl (C=O) groups is 2. The normalized spacial score (nSPS) is 12.5. The summed E-state index contributed by atoms with van der Waals surface area (Å²) in [5, 5.41) is 5.12. The lowest BCUT2D eigenvalue weighted by Crippen LogP contribution is -2.47. The van der Waals surface area contributed by atoms with Gasteiger partial charge in [0.2, 0.25) is 0 Å². The standard InChI is InChI=1S/C10H20N2O3/c1-6(2)11-10(14)12-8(5)9(13)15-7(3)4/h6-8H,1-5H3,(H2,11,12,14). The smallest absolute Gasteiger partial charge is 0.328 e. The van der Waals surface area contributed by atoms with Crippen molar-refractivity contribution < 1.29 is 14.3 Å². The fourth-order valence-corrected chi connectivity index (χ4v) is 0.894. The Kier molecular flexibility index (Phi) is 5.74. The first-order valence-corrected chi connectivity index (χ1v) is 5.10. The molecule has 0 spiro atoms. The molecule has 0 aliphatic carbocycles. The second kappa shape index (κ2) is 6.27. The van der Waals surface area contributed by atoms with E-state index < -0.39 is 12.0 Å². The first kappa shape index (κ1) is 13.7. The summed E-state index contributed by atoms with van der Waals surface area (Å²) >= 11 is 0. The van der Waals surface area contributed by atoms with E-state index in [1.54, 1.807) is 20.8 Å². The molecule has 0 aromatic carbocycles. The van der Waals surface area contributed by atoms with E-state index in [9.17, 15) is 9.59 Å². The van der Waals surface area contributed by atoms with Crippen LogP contribution in [0.15, 0.2) is 0 Å². The zero-order valence-corrected chi connectivity index (χ0v) is 9.96. The molecule has 0 heterocycles. The topological polar surface area (TPSA) is 67.4 Å². The van der Waals surface area contributed by atoms with Gasteiger partial charge in [0, 0.05) is 6.04 Å². The molecule has 0 aliphatic rings. The van der Waals surface area contributed by atoms with Crippen LogP contribution in [0.25, 0.3) is 0 Å². The Balaban J connectivity index is 3.96. The van der Waals surface area contributed by atoms with Crippen molar-refractivity contribution in [2.24, 2.45) is 0 Å². The van der Waals surface area contributed by atoms with Crippen LogP contribution in [0, 0.1) is 0 Å². The lowest BCUT2D eigenvalue weighted by atomic mass is 10.3. The van der Waals surface area contributed by atoms with Crippen LogP contribution in [0.4, 0.5) is 4.79 Å². The van der Waals surface area contributed by atoms with E-state index in [2.05, 4.69) is 10.6 Å². The van der Waals surface area contributed by atoms with E-state index in [-0.39, 0.29) is 18.2 Å². The predicted octanol–water partition coefficient (Wildman–Crippen LogP) is 1.03. The highest BCUT2D eigenvalue weighted by molar-refractivity contribution is 5.83. The number of nitrogens with one attached hydrogen (secondary N) is 2. The zero-order chi connectivity index (χ0) is 12.0. The molecule has 2 N–H and O–H groups in total. The summed E-state index contributed by atoms with van der Waals surface area (Å²) in [6, 6.07) is -0.956. The van der Waals surface area contributed by atoms with E-state index in [0.717, 1.165) is 0 Å². The van der Waals surface area contributed by atoms with Gasteiger partial charge in [-0.1, -0.05) is 0 Å². The van der Waals surface area contributed by atoms with Crippen molar-refractivity contribution >= 4 is 12.0 Å². The fourth-order valence-electron chi connectivity index (χ4n) is 0.894. The molecule has 0 aliphatic heterocycles. The van der Waals surface area contributed by atoms with Crippen molar-refractivity contribution in [1.29, 1.82) is 0 Å². The first-order valence-electron chi connectivity index (χ1n) is 5.10. The van der Waals surface area contributed by atoms with Crippen molar-refractivity contribution in [2.75, 3.05) is 0 Å². The van der Waals surface area contributed by atoms with E-state index in [1.165, 1.54) is 0 Å². The van der Waals surface area contributed by atoms with Crippen molar-refractivity contribution in [3.05, 3.63) is 0 Å².